The number of fused-ring (bicyclic) bond motifs is 12. The molecule has 2 heteroatoms. The van der Waals surface area contributed by atoms with Crippen LogP contribution in [-0.2, 0) is 23.9 Å². The van der Waals surface area contributed by atoms with Crippen LogP contribution in [0.25, 0.3) is 99.2 Å². The number of benzene rings is 8. The molecule has 100 heavy (non-hydrogen) atoms. The molecule has 0 N–H and O–H groups in total. The van der Waals surface area contributed by atoms with Crippen LogP contribution in [0.15, 0.2) is 252 Å². The Bertz CT molecular complexity index is 5100. The Morgan fingerprint density at radius 2 is 0.630 bits per heavy atom. The fraction of sp³-hybridized carbons (Fsp3) is 0.347. The quantitative estimate of drug-likeness (QED) is 0.0287. The molecule has 0 amide bonds. The Kier molecular flexibility index (Phi) is 24.0. The molecule has 0 saturated heterocycles. The van der Waals surface area contributed by atoms with Crippen LogP contribution >= 0.6 is 0 Å². The summed E-state index contributed by atoms with van der Waals surface area (Å²) in [5.41, 5.74) is 57.0. The van der Waals surface area contributed by atoms with Crippen molar-refractivity contribution in [2.24, 2.45) is 0 Å². The van der Waals surface area contributed by atoms with Gasteiger partial charge in [0.1, 0.15) is 0 Å². The van der Waals surface area contributed by atoms with Gasteiger partial charge in [0, 0.05) is 84.9 Å². The zero-order valence-electron chi connectivity index (χ0n) is 60.3. The van der Waals surface area contributed by atoms with Crippen LogP contribution in [0.1, 0.15) is 240 Å². The third kappa shape index (κ3) is 15.2. The summed E-state index contributed by atoms with van der Waals surface area (Å²) in [7, 11) is 0. The van der Waals surface area contributed by atoms with Crippen molar-refractivity contribution in [3.8, 4) is 55.6 Å². The maximum absolute atomic E-state index is 3.60. The Hall–Kier alpha value is -9.80. The van der Waals surface area contributed by atoms with Gasteiger partial charge in [-0.2, -0.15) is 0 Å². The second kappa shape index (κ2) is 34.3. The fourth-order valence-electron chi connectivity index (χ4n) is 16.7. The van der Waals surface area contributed by atoms with E-state index in [9.17, 15) is 0 Å². The summed E-state index contributed by atoms with van der Waals surface area (Å²) in [5.74, 6) is 0. The van der Waals surface area contributed by atoms with E-state index < -0.39 is 5.41 Å². The van der Waals surface area contributed by atoms with Gasteiger partial charge in [-0.15, -0.1) is 0 Å². The standard InChI is InChI=1S/C98H100N2.16H2/c1-7-13-19-25-31-41-63-97(64-42-32-26-20-14-8-2)89-49-39-37-47-81(89)83-57-51-79(73-91(83)97)77-55-61-95-87(71-77)85-69-75(53-59-93(85)99(95)67-45-35-29-23-17-11-5)76-54-60-94-86(70-76)88-72-78(56-62-96(88)100(94)68-46-36-30-24-18-12-6)80-52-58-84-82-48-38-40-50-90(82)98(92(84)74-80,65-43-33-27-21-15-9-3)66-44-34-28-22-16-10-4;;;;;;;;;;;;;;;;/h37-40,47-64,69-74H,1-2,9-12,15-18,21-24,27-30,33-36,43-46,65-68H2,3-6H3;16*1H. The van der Waals surface area contributed by atoms with E-state index in [0.717, 1.165) is 52.9 Å². The third-order valence-electron chi connectivity index (χ3n) is 21.8. The molecule has 2 nitrogen and oxygen atoms in total. The molecule has 10 aromatic rings. The molecule has 0 saturated carbocycles. The number of aromatic nitrogens is 2. The molecule has 0 bridgehead atoms. The molecule has 2 aliphatic rings. The van der Waals surface area contributed by atoms with Gasteiger partial charge in [-0.1, -0.05) is 289 Å². The number of nitrogens with zero attached hydrogens (tertiary/aromatic N) is 2. The lowest BCUT2D eigenvalue weighted by molar-refractivity contribution is 0.398. The Morgan fingerprint density at radius 3 is 1.05 bits per heavy atom. The highest BCUT2D eigenvalue weighted by Crippen LogP contribution is 2.56. The maximum atomic E-state index is 3.60. The molecule has 0 unspecified atom stereocenters. The molecule has 12 rings (SSSR count). The maximum Gasteiger partial charge on any atom is 0.0735 e. The highest BCUT2D eigenvalue weighted by molar-refractivity contribution is 6.13. The normalized spacial score (nSPS) is 13.4. The predicted molar refractivity (Wildman–Crippen MR) is 460 cm³/mol. The Morgan fingerprint density at radius 1 is 0.310 bits per heavy atom. The molecule has 534 valence electrons. The fourth-order valence-corrected chi connectivity index (χ4v) is 16.7. The van der Waals surface area contributed by atoms with E-state index in [1.54, 1.807) is 11.1 Å². The van der Waals surface area contributed by atoms with Gasteiger partial charge in [-0.25, -0.2) is 0 Å². The van der Waals surface area contributed by atoms with Gasteiger partial charge in [0.25, 0.3) is 0 Å². The minimum Gasteiger partial charge on any atom is -0.340 e. The third-order valence-corrected chi connectivity index (χ3v) is 21.8. The average Bonchev–Trinajstić information content (AvgIpc) is 1.57. The number of hydrogen-bond acceptors (Lipinski definition) is 0. The molecule has 0 spiro atoms. The lowest BCUT2D eigenvalue weighted by Crippen LogP contribution is -2.25. The largest absolute Gasteiger partial charge is 0.340 e. The van der Waals surface area contributed by atoms with Gasteiger partial charge < -0.3 is 9.13 Å². The van der Waals surface area contributed by atoms with Crippen LogP contribution in [0.2, 0.25) is 0 Å². The number of hydrogen-bond donors (Lipinski definition) is 0. The second-order valence-electron chi connectivity index (χ2n) is 28.3. The summed E-state index contributed by atoms with van der Waals surface area (Å²) in [6.45, 7) is 18.5. The summed E-state index contributed by atoms with van der Waals surface area (Å²) in [5, 5.41) is 5.21. The van der Waals surface area contributed by atoms with Crippen molar-refractivity contribution in [1.82, 2.24) is 9.13 Å². The minimum atomic E-state index is -0.780. The van der Waals surface area contributed by atoms with Crippen LogP contribution in [0, 0.1) is 0 Å². The van der Waals surface area contributed by atoms with Crippen LogP contribution in [0.3, 0.4) is 0 Å². The van der Waals surface area contributed by atoms with Crippen LogP contribution < -0.4 is 0 Å². The molecule has 0 atom stereocenters. The van der Waals surface area contributed by atoms with E-state index in [1.807, 2.05) is 12.2 Å². The van der Waals surface area contributed by atoms with Crippen molar-refractivity contribution in [3.63, 3.8) is 0 Å². The van der Waals surface area contributed by atoms with Gasteiger partial charge >= 0.3 is 0 Å². The van der Waals surface area contributed by atoms with Gasteiger partial charge in [0.2, 0.25) is 0 Å². The van der Waals surface area contributed by atoms with Gasteiger partial charge in [0.05, 0.1) is 5.41 Å². The van der Waals surface area contributed by atoms with E-state index in [2.05, 4.69) is 276 Å². The number of rotatable bonds is 33. The van der Waals surface area contributed by atoms with Crippen LogP contribution in [0.4, 0.5) is 0 Å². The Labute approximate surface area is 621 Å². The van der Waals surface area contributed by atoms with Crippen LogP contribution in [0.5, 0.6) is 0 Å². The lowest BCUT2D eigenvalue weighted by atomic mass is 9.70. The molecule has 0 radical (unpaired) electrons. The van der Waals surface area contributed by atoms with Crippen molar-refractivity contribution in [2.45, 2.75) is 219 Å². The smallest absolute Gasteiger partial charge is 0.0735 e. The number of aryl methyl sites for hydroxylation is 2. The second-order valence-corrected chi connectivity index (χ2v) is 28.3. The molecule has 2 aliphatic carbocycles. The van der Waals surface area contributed by atoms with E-state index in [1.165, 1.54) is 238 Å². The first kappa shape index (κ1) is 70.1. The summed E-state index contributed by atoms with van der Waals surface area (Å²) < 4.78 is 5.25. The van der Waals surface area contributed by atoms with Gasteiger partial charge in [0.15, 0.2) is 0 Å². The minimum absolute atomic E-state index is 0. The molecular formula is C98H132N2. The summed E-state index contributed by atoms with van der Waals surface area (Å²) in [6, 6.07) is 61.8. The zero-order valence-corrected chi connectivity index (χ0v) is 60.3. The molecule has 0 aliphatic heterocycles. The van der Waals surface area contributed by atoms with Crippen molar-refractivity contribution < 1.29 is 22.8 Å². The number of unbranched alkanes of at least 4 members (excludes halogenated alkanes) is 20. The first-order valence-electron chi connectivity index (χ1n) is 38.3. The predicted octanol–water partition coefficient (Wildman–Crippen LogP) is 31.8. The zero-order chi connectivity index (χ0) is 68.9. The van der Waals surface area contributed by atoms with Crippen LogP contribution in [-0.4, -0.2) is 9.13 Å². The van der Waals surface area contributed by atoms with Crippen molar-refractivity contribution in [1.29, 1.82) is 0 Å². The van der Waals surface area contributed by atoms with Crippen molar-refractivity contribution in [3.05, 3.63) is 274 Å². The molecular weight excluding hydrogens is 1210 g/mol. The molecule has 0 fully saturated rings. The topological polar surface area (TPSA) is 9.86 Å². The van der Waals surface area contributed by atoms with Gasteiger partial charge in [-0.05, 0) is 235 Å². The van der Waals surface area contributed by atoms with Crippen molar-refractivity contribution >= 4 is 43.6 Å². The van der Waals surface area contributed by atoms with Crippen molar-refractivity contribution in [2.75, 3.05) is 0 Å². The van der Waals surface area contributed by atoms with E-state index in [0.29, 0.717) is 0 Å². The SMILES string of the molecule is C=C=C=C=C=C=C=CC1(C=C=C=C=C=C=C=C)c2ccccc2-c2ccc(-c3ccc4c(c3)c3cc(-c5ccc6c(c5)c5cc(-c7ccc8c(c7)C(CCCCCCCC)(CCCCCCCC)c7ccccc7-8)ccc5n6CCCCCCCC)ccc3n4CCCCCCCC)cc21.[HH].[HH].[HH].[HH].[HH].[HH].[HH].[HH].[HH].[HH].[HH].[HH].[HH].[HH].[HH].[HH]. The molecule has 2 aromatic heterocycles. The number of allylic oxidation sites excluding steroid dienone is 2. The first-order chi connectivity index (χ1) is 49.4. The average molecular weight is 1340 g/mol. The van der Waals surface area contributed by atoms with E-state index in [4.69, 9.17) is 0 Å². The molecule has 2 heterocycles. The highest BCUT2D eigenvalue weighted by Gasteiger charge is 2.43. The summed E-state index contributed by atoms with van der Waals surface area (Å²) >= 11 is 0. The highest BCUT2D eigenvalue weighted by atomic mass is 15.0. The summed E-state index contributed by atoms with van der Waals surface area (Å²) in [4.78, 5) is 0. The first-order valence-corrected chi connectivity index (χ1v) is 38.3. The monoisotopic (exact) mass is 1340 g/mol. The summed E-state index contributed by atoms with van der Waals surface area (Å²) in [6.07, 6.45) is 37.4. The Balaban J connectivity index is -0.00000257. The van der Waals surface area contributed by atoms with E-state index in [-0.39, 0.29) is 28.2 Å². The molecule has 8 aromatic carbocycles. The lowest BCUT2D eigenvalue weighted by Gasteiger charge is -2.33. The van der Waals surface area contributed by atoms with Gasteiger partial charge in [-0.3, -0.25) is 0 Å². The van der Waals surface area contributed by atoms with E-state index >= 15 is 0 Å².